The van der Waals surface area contributed by atoms with Crippen molar-refractivity contribution in [1.82, 2.24) is 15.5 Å². The van der Waals surface area contributed by atoms with E-state index in [2.05, 4.69) is 20.9 Å². The number of amides is 3. The number of benzene rings is 1. The first-order valence-corrected chi connectivity index (χ1v) is 11.3. The number of carbonyl (C=O) groups excluding carboxylic acids is 2. The summed E-state index contributed by atoms with van der Waals surface area (Å²) in [6, 6.07) is 1.49. The quantitative estimate of drug-likeness (QED) is 0.404. The molecule has 1 aromatic rings. The fraction of sp³-hybridized carbons (Fsp3) is 0.636. The van der Waals surface area contributed by atoms with E-state index in [0.717, 1.165) is 57.5 Å². The van der Waals surface area contributed by atoms with Crippen LogP contribution in [0.25, 0.3) is 0 Å². The van der Waals surface area contributed by atoms with Crippen molar-refractivity contribution in [3.05, 3.63) is 29.8 Å². The normalized spacial score (nSPS) is 23.7. The molecule has 0 aromatic heterocycles. The van der Waals surface area contributed by atoms with Crippen LogP contribution in [0.5, 0.6) is 0 Å². The van der Waals surface area contributed by atoms with Crippen LogP contribution in [0, 0.1) is 11.6 Å². The summed E-state index contributed by atoms with van der Waals surface area (Å²) in [7, 11) is 0. The van der Waals surface area contributed by atoms with Crippen molar-refractivity contribution in [2.24, 2.45) is 0 Å². The van der Waals surface area contributed by atoms with E-state index in [-0.39, 0.29) is 30.7 Å². The third-order valence-electron chi connectivity index (χ3n) is 5.78. The van der Waals surface area contributed by atoms with Gasteiger partial charge in [0.2, 0.25) is 5.91 Å². The Morgan fingerprint density at radius 2 is 1.97 bits per heavy atom. The zero-order valence-corrected chi connectivity index (χ0v) is 18.5. The SMILES string of the molecule is O=C(C[C@H]1CC[C@@H](NC(=O)Nc2cc(F)ccc2F)[C@H](CO)O1)NCCCN1CCOCC1. The van der Waals surface area contributed by atoms with Gasteiger partial charge in [0, 0.05) is 25.7 Å². The average molecular weight is 471 g/mol. The first-order chi connectivity index (χ1) is 15.9. The van der Waals surface area contributed by atoms with E-state index in [1.54, 1.807) is 0 Å². The zero-order chi connectivity index (χ0) is 23.6. The molecule has 0 spiro atoms. The molecule has 3 amide bonds. The minimum Gasteiger partial charge on any atom is -0.394 e. The number of hydrogen-bond donors (Lipinski definition) is 4. The van der Waals surface area contributed by atoms with Crippen LogP contribution in [0.15, 0.2) is 18.2 Å². The Kier molecular flexibility index (Phi) is 9.79. The second-order valence-electron chi connectivity index (χ2n) is 8.25. The molecule has 2 heterocycles. The minimum atomic E-state index is -0.763. The van der Waals surface area contributed by atoms with E-state index in [1.807, 2.05) is 0 Å². The van der Waals surface area contributed by atoms with Gasteiger partial charge in [-0.3, -0.25) is 9.69 Å². The fourth-order valence-electron chi connectivity index (χ4n) is 4.00. The molecule has 0 radical (unpaired) electrons. The lowest BCUT2D eigenvalue weighted by molar-refractivity contribution is -0.130. The van der Waals surface area contributed by atoms with Crippen molar-refractivity contribution in [2.75, 3.05) is 51.3 Å². The molecule has 2 saturated heterocycles. The highest BCUT2D eigenvalue weighted by molar-refractivity contribution is 5.89. The molecule has 3 atom stereocenters. The standard InChI is InChI=1S/C22H32F2N4O5/c23-15-2-4-17(24)19(12-15)27-22(31)26-18-5-3-16(33-20(18)14-29)13-21(30)25-6-1-7-28-8-10-32-11-9-28/h2,4,12,16,18,20,29H,1,3,5-11,13-14H2,(H,25,30)(H2,26,27,31)/t16-,18-,20+/m1/s1. The summed E-state index contributed by atoms with van der Waals surface area (Å²) < 4.78 is 38.1. The summed E-state index contributed by atoms with van der Waals surface area (Å²) in [5.74, 6) is -1.56. The number of nitrogens with one attached hydrogen (secondary N) is 3. The highest BCUT2D eigenvalue weighted by Gasteiger charge is 2.33. The highest BCUT2D eigenvalue weighted by Crippen LogP contribution is 2.22. The smallest absolute Gasteiger partial charge is 0.319 e. The number of aliphatic hydroxyl groups is 1. The van der Waals surface area contributed by atoms with Crippen LogP contribution >= 0.6 is 0 Å². The van der Waals surface area contributed by atoms with E-state index in [4.69, 9.17) is 9.47 Å². The van der Waals surface area contributed by atoms with Crippen LogP contribution in [-0.2, 0) is 14.3 Å². The van der Waals surface area contributed by atoms with Gasteiger partial charge in [0.25, 0.3) is 0 Å². The Labute approximate surface area is 191 Å². The Morgan fingerprint density at radius 1 is 1.18 bits per heavy atom. The molecule has 2 aliphatic rings. The number of carbonyl (C=O) groups is 2. The summed E-state index contributed by atoms with van der Waals surface area (Å²) in [5.41, 5.74) is -0.284. The van der Waals surface area contributed by atoms with Gasteiger partial charge in [-0.1, -0.05) is 0 Å². The Bertz CT molecular complexity index is 794. The van der Waals surface area contributed by atoms with Gasteiger partial charge < -0.3 is 30.5 Å². The average Bonchev–Trinajstić information content (AvgIpc) is 2.81. The maximum atomic E-state index is 13.7. The molecule has 2 aliphatic heterocycles. The predicted octanol–water partition coefficient (Wildman–Crippen LogP) is 1.22. The molecule has 0 saturated carbocycles. The monoisotopic (exact) mass is 470 g/mol. The number of halogens is 2. The Hall–Kier alpha value is -2.34. The van der Waals surface area contributed by atoms with Gasteiger partial charge in [0.15, 0.2) is 0 Å². The molecule has 3 rings (SSSR count). The molecule has 9 nitrogen and oxygen atoms in total. The van der Waals surface area contributed by atoms with Gasteiger partial charge in [-0.25, -0.2) is 13.6 Å². The van der Waals surface area contributed by atoms with Crippen LogP contribution in [-0.4, -0.2) is 86.2 Å². The van der Waals surface area contributed by atoms with E-state index in [1.165, 1.54) is 0 Å². The summed E-state index contributed by atoms with van der Waals surface area (Å²) in [5, 5.41) is 17.5. The number of morpholine rings is 1. The van der Waals surface area contributed by atoms with Gasteiger partial charge in [-0.05, 0) is 37.9 Å². The molecule has 1 aromatic carbocycles. The molecule has 33 heavy (non-hydrogen) atoms. The van der Waals surface area contributed by atoms with Crippen molar-refractivity contribution < 1.29 is 33.0 Å². The number of hydrogen-bond acceptors (Lipinski definition) is 6. The third kappa shape index (κ3) is 8.18. The molecule has 0 unspecified atom stereocenters. The molecule has 4 N–H and O–H groups in total. The number of aliphatic hydroxyl groups excluding tert-OH is 1. The summed E-state index contributed by atoms with van der Waals surface area (Å²) in [4.78, 5) is 26.8. The molecule has 184 valence electrons. The molecule has 0 aliphatic carbocycles. The largest absolute Gasteiger partial charge is 0.394 e. The Morgan fingerprint density at radius 3 is 2.73 bits per heavy atom. The van der Waals surface area contributed by atoms with E-state index in [9.17, 15) is 23.5 Å². The topological polar surface area (TPSA) is 112 Å². The number of urea groups is 1. The molecular weight excluding hydrogens is 438 g/mol. The first-order valence-electron chi connectivity index (χ1n) is 11.3. The maximum Gasteiger partial charge on any atom is 0.319 e. The fourth-order valence-corrected chi connectivity index (χ4v) is 4.00. The number of anilines is 1. The lowest BCUT2D eigenvalue weighted by atomic mass is 9.97. The van der Waals surface area contributed by atoms with Gasteiger partial charge in [0.1, 0.15) is 17.7 Å². The number of rotatable bonds is 9. The van der Waals surface area contributed by atoms with Crippen LogP contribution in [0.1, 0.15) is 25.7 Å². The number of nitrogens with zero attached hydrogens (tertiary/aromatic N) is 1. The van der Waals surface area contributed by atoms with Gasteiger partial charge in [-0.15, -0.1) is 0 Å². The predicted molar refractivity (Wildman–Crippen MR) is 117 cm³/mol. The minimum absolute atomic E-state index is 0.121. The van der Waals surface area contributed by atoms with Gasteiger partial charge in [-0.2, -0.15) is 0 Å². The molecule has 11 heteroatoms. The van der Waals surface area contributed by atoms with Crippen molar-refractivity contribution in [3.63, 3.8) is 0 Å². The van der Waals surface area contributed by atoms with E-state index >= 15 is 0 Å². The summed E-state index contributed by atoms with van der Waals surface area (Å²) in [6.45, 7) is 4.45. The highest BCUT2D eigenvalue weighted by atomic mass is 19.1. The van der Waals surface area contributed by atoms with Crippen molar-refractivity contribution in [2.45, 2.75) is 43.9 Å². The summed E-state index contributed by atoms with van der Waals surface area (Å²) in [6.07, 6.45) is 0.922. The van der Waals surface area contributed by atoms with Crippen molar-refractivity contribution >= 4 is 17.6 Å². The van der Waals surface area contributed by atoms with Crippen LogP contribution in [0.4, 0.5) is 19.3 Å². The maximum absolute atomic E-state index is 13.7. The second kappa shape index (κ2) is 12.8. The van der Waals surface area contributed by atoms with Crippen LogP contribution in [0.3, 0.4) is 0 Å². The lowest BCUT2D eigenvalue weighted by Gasteiger charge is -2.36. The number of ether oxygens (including phenoxy) is 2. The van der Waals surface area contributed by atoms with Crippen LogP contribution < -0.4 is 16.0 Å². The van der Waals surface area contributed by atoms with Gasteiger partial charge in [0.05, 0.1) is 44.1 Å². The van der Waals surface area contributed by atoms with Gasteiger partial charge >= 0.3 is 6.03 Å². The molecule has 2 fully saturated rings. The second-order valence-corrected chi connectivity index (χ2v) is 8.25. The molecule has 0 bridgehead atoms. The van der Waals surface area contributed by atoms with Crippen LogP contribution in [0.2, 0.25) is 0 Å². The summed E-state index contributed by atoms with van der Waals surface area (Å²) >= 11 is 0. The molecular formula is C22H32F2N4O5. The lowest BCUT2D eigenvalue weighted by Crippen LogP contribution is -2.52. The van der Waals surface area contributed by atoms with Crippen molar-refractivity contribution in [3.8, 4) is 0 Å². The Balaban J connectivity index is 1.37. The first kappa shape index (κ1) is 25.3. The van der Waals surface area contributed by atoms with E-state index in [0.29, 0.717) is 19.4 Å². The third-order valence-corrected chi connectivity index (χ3v) is 5.78. The zero-order valence-electron chi connectivity index (χ0n) is 18.5. The van der Waals surface area contributed by atoms with E-state index < -0.39 is 29.8 Å². The van der Waals surface area contributed by atoms with Crippen molar-refractivity contribution in [1.29, 1.82) is 0 Å².